The summed E-state index contributed by atoms with van der Waals surface area (Å²) < 4.78 is 53.5. The van der Waals surface area contributed by atoms with Gasteiger partial charge in [0, 0.05) is 18.3 Å². The second kappa shape index (κ2) is 5.49. The van der Waals surface area contributed by atoms with Crippen molar-refractivity contribution in [2.75, 3.05) is 5.32 Å². The van der Waals surface area contributed by atoms with Crippen LogP contribution in [0.5, 0.6) is 0 Å². The van der Waals surface area contributed by atoms with E-state index in [2.05, 4.69) is 20.4 Å². The van der Waals surface area contributed by atoms with Gasteiger partial charge in [0.2, 0.25) is 0 Å². The molecule has 2 heterocycles. The van der Waals surface area contributed by atoms with Crippen LogP contribution in [0.4, 0.5) is 23.4 Å². The Kier molecular flexibility index (Phi) is 3.63. The van der Waals surface area contributed by atoms with Gasteiger partial charge in [-0.05, 0) is 24.6 Å². The minimum absolute atomic E-state index is 0.0679. The maximum absolute atomic E-state index is 13.1. The van der Waals surface area contributed by atoms with Crippen LogP contribution in [0.3, 0.4) is 0 Å². The van der Waals surface area contributed by atoms with Gasteiger partial charge in [-0.15, -0.1) is 0 Å². The van der Waals surface area contributed by atoms with Crippen molar-refractivity contribution in [2.45, 2.75) is 19.6 Å². The highest BCUT2D eigenvalue weighted by Crippen LogP contribution is 2.32. The smallest absolute Gasteiger partial charge is 0.366 e. The number of anilines is 1. The lowest BCUT2D eigenvalue weighted by Gasteiger charge is -2.14. The quantitative estimate of drug-likeness (QED) is 0.751. The minimum Gasteiger partial charge on any atom is -0.366 e. The van der Waals surface area contributed by atoms with Crippen LogP contribution in [0, 0.1) is 12.7 Å². The predicted molar refractivity (Wildman–Crippen MR) is 74.2 cm³/mol. The minimum atomic E-state index is -4.63. The molecule has 120 valence electrons. The largest absolute Gasteiger partial charge is 0.416 e. The molecular weight excluding hydrogens is 314 g/mol. The molecular formula is C14H11F4N5. The van der Waals surface area contributed by atoms with E-state index in [9.17, 15) is 17.6 Å². The van der Waals surface area contributed by atoms with E-state index < -0.39 is 17.6 Å². The molecule has 1 N–H and O–H groups in total. The van der Waals surface area contributed by atoms with Crippen LogP contribution in [0.25, 0.3) is 5.78 Å². The standard InChI is InChI=1S/C14H11F4N5/c1-8-4-12(23-13(22-8)20-7-21-23)19-6-9-2-3-10(15)5-11(9)14(16,17)18/h2-5,7,19H,6H2,1H3. The van der Waals surface area contributed by atoms with Crippen molar-refractivity contribution in [3.05, 3.63) is 53.2 Å². The van der Waals surface area contributed by atoms with Gasteiger partial charge >= 0.3 is 6.18 Å². The number of alkyl halides is 3. The Morgan fingerprint density at radius 2 is 2.00 bits per heavy atom. The monoisotopic (exact) mass is 325 g/mol. The van der Waals surface area contributed by atoms with E-state index in [4.69, 9.17) is 0 Å². The second-order valence-electron chi connectivity index (χ2n) is 4.91. The molecule has 0 radical (unpaired) electrons. The molecule has 3 rings (SSSR count). The molecule has 0 saturated heterocycles. The number of aryl methyl sites for hydroxylation is 1. The zero-order chi connectivity index (χ0) is 16.6. The number of nitrogens with one attached hydrogen (secondary N) is 1. The van der Waals surface area contributed by atoms with Gasteiger partial charge in [-0.25, -0.2) is 9.37 Å². The van der Waals surface area contributed by atoms with E-state index in [0.29, 0.717) is 23.4 Å². The molecule has 0 aliphatic carbocycles. The third kappa shape index (κ3) is 3.08. The van der Waals surface area contributed by atoms with Crippen molar-refractivity contribution < 1.29 is 17.6 Å². The molecule has 0 amide bonds. The average molecular weight is 325 g/mol. The summed E-state index contributed by atoms with van der Waals surface area (Å²) in [5.41, 5.74) is -0.435. The molecule has 5 nitrogen and oxygen atoms in total. The summed E-state index contributed by atoms with van der Waals surface area (Å²) in [6, 6.07) is 4.23. The third-order valence-electron chi connectivity index (χ3n) is 3.22. The molecule has 3 aromatic rings. The topological polar surface area (TPSA) is 55.1 Å². The Morgan fingerprint density at radius 1 is 1.22 bits per heavy atom. The number of aromatic nitrogens is 4. The SMILES string of the molecule is Cc1cc(NCc2ccc(F)cc2C(F)(F)F)n2ncnc2n1. The van der Waals surface area contributed by atoms with Crippen molar-refractivity contribution in [3.8, 4) is 0 Å². The Labute approximate surface area is 128 Å². The fraction of sp³-hybridized carbons (Fsp3) is 0.214. The summed E-state index contributed by atoms with van der Waals surface area (Å²) in [4.78, 5) is 8.07. The first kappa shape index (κ1) is 15.2. The summed E-state index contributed by atoms with van der Waals surface area (Å²) >= 11 is 0. The molecule has 0 aliphatic heterocycles. The van der Waals surface area contributed by atoms with Gasteiger partial charge in [0.15, 0.2) is 0 Å². The molecule has 0 bridgehead atoms. The van der Waals surface area contributed by atoms with Crippen LogP contribution in [0.2, 0.25) is 0 Å². The van der Waals surface area contributed by atoms with Crippen LogP contribution in [0.15, 0.2) is 30.6 Å². The van der Waals surface area contributed by atoms with Crippen molar-refractivity contribution >= 4 is 11.6 Å². The van der Waals surface area contributed by atoms with Crippen molar-refractivity contribution in [1.29, 1.82) is 0 Å². The Hall–Kier alpha value is -2.71. The fourth-order valence-electron chi connectivity index (χ4n) is 2.21. The Balaban J connectivity index is 1.93. The highest BCUT2D eigenvalue weighted by Gasteiger charge is 2.33. The zero-order valence-corrected chi connectivity index (χ0v) is 11.9. The van der Waals surface area contributed by atoms with Crippen LogP contribution in [-0.4, -0.2) is 19.6 Å². The van der Waals surface area contributed by atoms with Gasteiger partial charge in [-0.2, -0.15) is 27.8 Å². The van der Waals surface area contributed by atoms with Gasteiger partial charge in [0.1, 0.15) is 18.0 Å². The van der Waals surface area contributed by atoms with Gasteiger partial charge in [-0.3, -0.25) is 0 Å². The summed E-state index contributed by atoms with van der Waals surface area (Å²) in [6.07, 6.45) is -3.33. The first-order valence-corrected chi connectivity index (χ1v) is 6.61. The number of hydrogen-bond donors (Lipinski definition) is 1. The maximum Gasteiger partial charge on any atom is 0.416 e. The Morgan fingerprint density at radius 3 is 2.74 bits per heavy atom. The number of fused-ring (bicyclic) bond motifs is 1. The van der Waals surface area contributed by atoms with Crippen molar-refractivity contribution in [3.63, 3.8) is 0 Å². The van der Waals surface area contributed by atoms with E-state index in [0.717, 1.165) is 12.1 Å². The van der Waals surface area contributed by atoms with Gasteiger partial charge in [-0.1, -0.05) is 6.07 Å². The van der Waals surface area contributed by atoms with Gasteiger partial charge in [0.25, 0.3) is 5.78 Å². The molecule has 0 atom stereocenters. The molecule has 2 aromatic heterocycles. The second-order valence-corrected chi connectivity index (χ2v) is 4.91. The normalized spacial score (nSPS) is 11.9. The molecule has 23 heavy (non-hydrogen) atoms. The highest BCUT2D eigenvalue weighted by molar-refractivity contribution is 5.45. The zero-order valence-electron chi connectivity index (χ0n) is 11.9. The first-order valence-electron chi connectivity index (χ1n) is 6.61. The molecule has 0 unspecified atom stereocenters. The summed E-state index contributed by atoms with van der Waals surface area (Å²) in [7, 11) is 0. The average Bonchev–Trinajstić information content (AvgIpc) is 2.92. The maximum atomic E-state index is 13.1. The van der Waals surface area contributed by atoms with Crippen LogP contribution >= 0.6 is 0 Å². The summed E-state index contributed by atoms with van der Waals surface area (Å²) in [5.74, 6) is -0.149. The summed E-state index contributed by atoms with van der Waals surface area (Å²) in [6.45, 7) is 1.59. The van der Waals surface area contributed by atoms with Crippen molar-refractivity contribution in [1.82, 2.24) is 19.6 Å². The van der Waals surface area contributed by atoms with E-state index in [1.165, 1.54) is 10.8 Å². The molecule has 0 fully saturated rings. The number of hydrogen-bond acceptors (Lipinski definition) is 4. The molecule has 0 spiro atoms. The van der Waals surface area contributed by atoms with Crippen LogP contribution < -0.4 is 5.32 Å². The highest BCUT2D eigenvalue weighted by atomic mass is 19.4. The lowest BCUT2D eigenvalue weighted by atomic mass is 10.1. The van der Waals surface area contributed by atoms with Crippen molar-refractivity contribution in [2.24, 2.45) is 0 Å². The van der Waals surface area contributed by atoms with Crippen LogP contribution in [-0.2, 0) is 12.7 Å². The molecule has 0 saturated carbocycles. The summed E-state index contributed by atoms with van der Waals surface area (Å²) in [5, 5.41) is 6.82. The van der Waals surface area contributed by atoms with Gasteiger partial charge < -0.3 is 5.32 Å². The van der Waals surface area contributed by atoms with E-state index in [-0.39, 0.29) is 12.1 Å². The predicted octanol–water partition coefficient (Wildman–Crippen LogP) is 3.20. The fourth-order valence-corrected chi connectivity index (χ4v) is 2.21. The van der Waals surface area contributed by atoms with E-state index in [1.54, 1.807) is 13.0 Å². The molecule has 9 heteroatoms. The number of halogens is 4. The van der Waals surface area contributed by atoms with E-state index in [1.807, 2.05) is 0 Å². The Bertz CT molecular complexity index is 856. The van der Waals surface area contributed by atoms with Crippen LogP contribution in [0.1, 0.15) is 16.8 Å². The number of nitrogens with zero attached hydrogens (tertiary/aromatic N) is 4. The third-order valence-corrected chi connectivity index (χ3v) is 3.22. The number of rotatable bonds is 3. The van der Waals surface area contributed by atoms with E-state index >= 15 is 0 Å². The first-order chi connectivity index (χ1) is 10.8. The lowest BCUT2D eigenvalue weighted by Crippen LogP contribution is -2.14. The molecule has 0 aliphatic rings. The molecule has 1 aromatic carbocycles. The van der Waals surface area contributed by atoms with Gasteiger partial charge in [0.05, 0.1) is 5.56 Å². The number of benzene rings is 1. The lowest BCUT2D eigenvalue weighted by molar-refractivity contribution is -0.138.